The van der Waals surface area contributed by atoms with Crippen LogP contribution in [-0.2, 0) is 13.6 Å². The van der Waals surface area contributed by atoms with E-state index in [1.165, 1.54) is 0 Å². The third-order valence-corrected chi connectivity index (χ3v) is 4.83. The Morgan fingerprint density at radius 3 is 2.79 bits per heavy atom. The fourth-order valence-corrected chi connectivity index (χ4v) is 3.26. The van der Waals surface area contributed by atoms with Crippen LogP contribution in [0.15, 0.2) is 60.0 Å². The van der Waals surface area contributed by atoms with Crippen LogP contribution in [0.2, 0.25) is 0 Å². The predicted molar refractivity (Wildman–Crippen MR) is 110 cm³/mol. The summed E-state index contributed by atoms with van der Waals surface area (Å²) >= 11 is 0. The van der Waals surface area contributed by atoms with Gasteiger partial charge >= 0.3 is 0 Å². The Morgan fingerprint density at radius 2 is 2.03 bits per heavy atom. The maximum Gasteiger partial charge on any atom is 0.203 e. The zero-order chi connectivity index (χ0) is 20.4. The first-order chi connectivity index (χ1) is 14.0. The van der Waals surface area contributed by atoms with E-state index >= 15 is 0 Å². The third kappa shape index (κ3) is 3.87. The molecule has 0 amide bonds. The van der Waals surface area contributed by atoms with Gasteiger partial charge in [0.2, 0.25) is 5.43 Å². The molecule has 0 bridgehead atoms. The van der Waals surface area contributed by atoms with E-state index in [0.29, 0.717) is 11.5 Å². The van der Waals surface area contributed by atoms with Gasteiger partial charge in [0, 0.05) is 37.3 Å². The molecule has 3 aromatic heterocycles. The number of nitrogens with zero attached hydrogens (tertiary/aromatic N) is 7. The number of aromatic nitrogens is 7. The molecule has 0 aliphatic heterocycles. The molecule has 0 aliphatic carbocycles. The highest BCUT2D eigenvalue weighted by Crippen LogP contribution is 2.25. The monoisotopic (exact) mass is 389 g/mol. The zero-order valence-electron chi connectivity index (χ0n) is 16.7. The van der Waals surface area contributed by atoms with Gasteiger partial charge in [0.15, 0.2) is 5.82 Å². The lowest BCUT2D eigenvalue weighted by Gasteiger charge is -2.13. The molecular weight excluding hydrogens is 366 g/mol. The molecule has 0 radical (unpaired) electrons. The summed E-state index contributed by atoms with van der Waals surface area (Å²) in [5, 5.41) is 13.3. The summed E-state index contributed by atoms with van der Waals surface area (Å²) in [7, 11) is 1.84. The van der Waals surface area contributed by atoms with Crippen molar-refractivity contribution in [2.45, 2.75) is 32.7 Å². The highest BCUT2D eigenvalue weighted by molar-refractivity contribution is 5.56. The molecule has 0 N–H and O–H groups in total. The van der Waals surface area contributed by atoms with E-state index in [1.807, 2.05) is 49.1 Å². The minimum absolute atomic E-state index is 0.0895. The largest absolute Gasteiger partial charge is 0.288 e. The summed E-state index contributed by atoms with van der Waals surface area (Å²) in [6.45, 7) is 4.93. The molecule has 29 heavy (non-hydrogen) atoms. The summed E-state index contributed by atoms with van der Waals surface area (Å²) in [5.74, 6) is 0.505. The van der Waals surface area contributed by atoms with Crippen LogP contribution in [0.5, 0.6) is 0 Å². The van der Waals surface area contributed by atoms with Crippen molar-refractivity contribution < 1.29 is 0 Å². The van der Waals surface area contributed by atoms with E-state index in [2.05, 4.69) is 27.2 Å². The van der Waals surface area contributed by atoms with Gasteiger partial charge in [-0.1, -0.05) is 32.0 Å². The molecule has 1 unspecified atom stereocenters. The second-order valence-corrected chi connectivity index (χ2v) is 7.06. The molecule has 8 nitrogen and oxygen atoms in total. The van der Waals surface area contributed by atoms with E-state index in [4.69, 9.17) is 0 Å². The van der Waals surface area contributed by atoms with Gasteiger partial charge in [0.05, 0.1) is 12.4 Å². The summed E-state index contributed by atoms with van der Waals surface area (Å²) in [6.07, 6.45) is 7.98. The number of hydrogen-bond acceptors (Lipinski definition) is 5. The second-order valence-electron chi connectivity index (χ2n) is 7.06. The average molecular weight is 389 g/mol. The van der Waals surface area contributed by atoms with Crippen molar-refractivity contribution in [3.8, 4) is 17.1 Å². The molecule has 3 heterocycles. The van der Waals surface area contributed by atoms with Crippen molar-refractivity contribution in [3.63, 3.8) is 0 Å². The van der Waals surface area contributed by atoms with Crippen LogP contribution in [0, 0.1) is 0 Å². The number of aryl methyl sites for hydroxylation is 2. The summed E-state index contributed by atoms with van der Waals surface area (Å²) in [5.41, 5.74) is 3.11. The van der Waals surface area contributed by atoms with E-state index in [1.54, 1.807) is 34.2 Å². The Balaban J connectivity index is 1.67. The fraction of sp³-hybridized carbons (Fsp3) is 0.286. The van der Waals surface area contributed by atoms with Gasteiger partial charge in [-0.25, -0.2) is 9.67 Å². The number of rotatable bonds is 6. The minimum Gasteiger partial charge on any atom is -0.288 e. The molecule has 148 valence electrons. The van der Waals surface area contributed by atoms with Gasteiger partial charge < -0.3 is 0 Å². The molecule has 0 aliphatic rings. The van der Waals surface area contributed by atoms with Crippen molar-refractivity contribution in [1.82, 2.24) is 34.3 Å². The van der Waals surface area contributed by atoms with E-state index in [0.717, 1.165) is 29.8 Å². The van der Waals surface area contributed by atoms with Crippen molar-refractivity contribution in [1.29, 1.82) is 0 Å². The Kier molecular flexibility index (Phi) is 5.07. The van der Waals surface area contributed by atoms with Crippen LogP contribution in [0.1, 0.15) is 37.4 Å². The average Bonchev–Trinajstić information content (AvgIpc) is 3.37. The van der Waals surface area contributed by atoms with Crippen LogP contribution < -0.4 is 5.43 Å². The normalized spacial score (nSPS) is 12.2. The Morgan fingerprint density at radius 1 is 1.17 bits per heavy atom. The first-order valence-corrected chi connectivity index (χ1v) is 9.64. The fourth-order valence-electron chi connectivity index (χ4n) is 3.26. The van der Waals surface area contributed by atoms with Crippen molar-refractivity contribution >= 4 is 0 Å². The molecule has 1 aromatic carbocycles. The maximum absolute atomic E-state index is 12.5. The Hall–Kier alpha value is -3.55. The highest BCUT2D eigenvalue weighted by Gasteiger charge is 2.16. The Bertz CT molecular complexity index is 1190. The van der Waals surface area contributed by atoms with Crippen LogP contribution >= 0.6 is 0 Å². The number of benzene rings is 1. The molecule has 1 atom stereocenters. The number of hydrogen-bond donors (Lipinski definition) is 0. The lowest BCUT2D eigenvalue weighted by Crippen LogP contribution is -2.18. The van der Waals surface area contributed by atoms with E-state index in [9.17, 15) is 4.79 Å². The van der Waals surface area contributed by atoms with Gasteiger partial charge in [-0.05, 0) is 18.1 Å². The van der Waals surface area contributed by atoms with Crippen LogP contribution in [0.3, 0.4) is 0 Å². The highest BCUT2D eigenvalue weighted by atomic mass is 16.1. The van der Waals surface area contributed by atoms with Gasteiger partial charge in [0.25, 0.3) is 0 Å². The van der Waals surface area contributed by atoms with Gasteiger partial charge in [-0.2, -0.15) is 15.3 Å². The quantitative estimate of drug-likeness (QED) is 0.506. The predicted octanol–water partition coefficient (Wildman–Crippen LogP) is 2.79. The molecule has 8 heteroatoms. The SMILES string of the molecule is CCCn1cnc(-c2cccc(C(C)c3nn(-c4cnn(C)c4)ccc3=O)c2)n1. The van der Waals surface area contributed by atoms with Gasteiger partial charge in [0.1, 0.15) is 17.7 Å². The van der Waals surface area contributed by atoms with Crippen LogP contribution in [-0.4, -0.2) is 34.3 Å². The van der Waals surface area contributed by atoms with Crippen molar-refractivity contribution in [2.24, 2.45) is 7.05 Å². The van der Waals surface area contributed by atoms with E-state index < -0.39 is 0 Å². The molecule has 0 saturated carbocycles. The van der Waals surface area contributed by atoms with Gasteiger partial charge in [-0.3, -0.25) is 14.2 Å². The van der Waals surface area contributed by atoms with Crippen molar-refractivity contribution in [3.05, 3.63) is 76.7 Å². The summed E-state index contributed by atoms with van der Waals surface area (Å²) in [4.78, 5) is 16.9. The zero-order valence-corrected chi connectivity index (χ0v) is 16.7. The van der Waals surface area contributed by atoms with Crippen molar-refractivity contribution in [2.75, 3.05) is 0 Å². The lowest BCUT2D eigenvalue weighted by atomic mass is 9.95. The summed E-state index contributed by atoms with van der Waals surface area (Å²) < 4.78 is 5.22. The third-order valence-electron chi connectivity index (χ3n) is 4.83. The second kappa shape index (κ2) is 7.83. The summed E-state index contributed by atoms with van der Waals surface area (Å²) in [6, 6.07) is 9.51. The molecule has 0 spiro atoms. The van der Waals surface area contributed by atoms with Gasteiger partial charge in [-0.15, -0.1) is 0 Å². The minimum atomic E-state index is -0.177. The molecule has 4 aromatic rings. The molecule has 4 rings (SSSR count). The van der Waals surface area contributed by atoms with Crippen LogP contribution in [0.4, 0.5) is 0 Å². The Labute approximate surface area is 168 Å². The topological polar surface area (TPSA) is 83.4 Å². The standard InChI is InChI=1S/C21H23N7O/c1-4-9-27-14-22-21(25-27)17-7-5-6-16(11-17)15(2)20-19(29)8-10-28(24-20)18-12-23-26(3)13-18/h5-8,10-15H,4,9H2,1-3H3. The molecular formula is C21H23N7O. The first kappa shape index (κ1) is 18.8. The van der Waals surface area contributed by atoms with Crippen LogP contribution in [0.25, 0.3) is 17.1 Å². The first-order valence-electron chi connectivity index (χ1n) is 9.64. The smallest absolute Gasteiger partial charge is 0.203 e. The molecule has 0 saturated heterocycles. The lowest BCUT2D eigenvalue weighted by molar-refractivity contribution is 0.602. The maximum atomic E-state index is 12.5. The molecule has 0 fully saturated rings. The van der Waals surface area contributed by atoms with E-state index in [-0.39, 0.29) is 11.3 Å².